The summed E-state index contributed by atoms with van der Waals surface area (Å²) in [7, 11) is 4.65. The molecule has 0 aliphatic carbocycles. The molecule has 0 saturated heterocycles. The highest BCUT2D eigenvalue weighted by atomic mass is 16.5. The first kappa shape index (κ1) is 17.1. The molecule has 1 amide bonds. The standard InChI is InChI=1S/C15H24N2O4/c1-5-6-11(16)15(18)17-9-10-7-8-12(19-2)14(21-4)13(10)20-3/h7-8,11H,5-6,9,16H2,1-4H3,(H,17,18). The first-order valence-electron chi connectivity index (χ1n) is 6.90. The van der Waals surface area contributed by atoms with Gasteiger partial charge in [-0.1, -0.05) is 13.3 Å². The van der Waals surface area contributed by atoms with Gasteiger partial charge >= 0.3 is 0 Å². The van der Waals surface area contributed by atoms with Gasteiger partial charge in [0.25, 0.3) is 0 Å². The van der Waals surface area contributed by atoms with Gasteiger partial charge in [0, 0.05) is 12.1 Å². The quantitative estimate of drug-likeness (QED) is 0.759. The molecule has 0 bridgehead atoms. The number of carbonyl (C=O) groups is 1. The van der Waals surface area contributed by atoms with Gasteiger partial charge in [0.15, 0.2) is 11.5 Å². The minimum absolute atomic E-state index is 0.173. The van der Waals surface area contributed by atoms with Gasteiger partial charge in [-0.05, 0) is 18.6 Å². The fourth-order valence-electron chi connectivity index (χ4n) is 2.06. The number of ether oxygens (including phenoxy) is 3. The van der Waals surface area contributed by atoms with Gasteiger partial charge in [-0.25, -0.2) is 0 Å². The highest BCUT2D eigenvalue weighted by molar-refractivity contribution is 5.81. The van der Waals surface area contributed by atoms with Crippen LogP contribution in [0.2, 0.25) is 0 Å². The summed E-state index contributed by atoms with van der Waals surface area (Å²) in [4.78, 5) is 11.9. The van der Waals surface area contributed by atoms with Crippen molar-refractivity contribution in [1.29, 1.82) is 0 Å². The maximum atomic E-state index is 11.9. The molecule has 6 nitrogen and oxygen atoms in total. The normalized spacial score (nSPS) is 11.7. The SMILES string of the molecule is CCCC(N)C(=O)NCc1ccc(OC)c(OC)c1OC. The second-order valence-electron chi connectivity index (χ2n) is 4.61. The van der Waals surface area contributed by atoms with Crippen molar-refractivity contribution in [3.8, 4) is 17.2 Å². The van der Waals surface area contributed by atoms with Crippen molar-refractivity contribution in [3.05, 3.63) is 17.7 Å². The monoisotopic (exact) mass is 296 g/mol. The number of methoxy groups -OCH3 is 3. The van der Waals surface area contributed by atoms with E-state index >= 15 is 0 Å². The summed E-state index contributed by atoms with van der Waals surface area (Å²) < 4.78 is 15.9. The second kappa shape index (κ2) is 8.36. The summed E-state index contributed by atoms with van der Waals surface area (Å²) in [6.45, 7) is 2.31. The summed E-state index contributed by atoms with van der Waals surface area (Å²) in [5.41, 5.74) is 6.57. The third-order valence-electron chi connectivity index (χ3n) is 3.18. The summed E-state index contributed by atoms with van der Waals surface area (Å²) in [6.07, 6.45) is 1.53. The molecule has 1 aromatic carbocycles. The number of hydrogen-bond acceptors (Lipinski definition) is 5. The molecule has 3 N–H and O–H groups in total. The summed E-state index contributed by atoms with van der Waals surface area (Å²) in [5, 5.41) is 2.81. The predicted octanol–water partition coefficient (Wildman–Crippen LogP) is 1.46. The highest BCUT2D eigenvalue weighted by Crippen LogP contribution is 2.39. The number of amides is 1. The van der Waals surface area contributed by atoms with E-state index in [0.29, 0.717) is 30.2 Å². The van der Waals surface area contributed by atoms with E-state index in [4.69, 9.17) is 19.9 Å². The van der Waals surface area contributed by atoms with Crippen LogP contribution in [-0.4, -0.2) is 33.3 Å². The zero-order valence-electron chi connectivity index (χ0n) is 13.1. The lowest BCUT2D eigenvalue weighted by atomic mass is 10.1. The maximum Gasteiger partial charge on any atom is 0.237 e. The zero-order chi connectivity index (χ0) is 15.8. The van der Waals surface area contributed by atoms with E-state index in [2.05, 4.69) is 5.32 Å². The number of nitrogens with one attached hydrogen (secondary N) is 1. The van der Waals surface area contributed by atoms with Crippen molar-refractivity contribution in [3.63, 3.8) is 0 Å². The van der Waals surface area contributed by atoms with Crippen molar-refractivity contribution in [2.75, 3.05) is 21.3 Å². The Morgan fingerprint density at radius 2 is 1.86 bits per heavy atom. The molecule has 0 aliphatic heterocycles. The van der Waals surface area contributed by atoms with E-state index in [-0.39, 0.29) is 5.91 Å². The lowest BCUT2D eigenvalue weighted by Gasteiger charge is -2.17. The molecular formula is C15H24N2O4. The third-order valence-corrected chi connectivity index (χ3v) is 3.18. The summed E-state index contributed by atoms with van der Waals surface area (Å²) in [6, 6.07) is 3.11. The van der Waals surface area contributed by atoms with E-state index in [9.17, 15) is 4.79 Å². The Balaban J connectivity index is 2.86. The first-order valence-corrected chi connectivity index (χ1v) is 6.90. The first-order chi connectivity index (χ1) is 10.1. The van der Waals surface area contributed by atoms with Gasteiger partial charge < -0.3 is 25.3 Å². The Labute approximate surface area is 125 Å². The molecule has 1 unspecified atom stereocenters. The molecular weight excluding hydrogens is 272 g/mol. The van der Waals surface area contributed by atoms with Gasteiger partial charge in [-0.2, -0.15) is 0 Å². The molecule has 0 radical (unpaired) electrons. The van der Waals surface area contributed by atoms with Crippen LogP contribution in [0.5, 0.6) is 17.2 Å². The molecule has 0 aromatic heterocycles. The van der Waals surface area contributed by atoms with Crippen LogP contribution in [0.15, 0.2) is 12.1 Å². The van der Waals surface area contributed by atoms with E-state index < -0.39 is 6.04 Å². The molecule has 21 heavy (non-hydrogen) atoms. The van der Waals surface area contributed by atoms with E-state index in [0.717, 1.165) is 12.0 Å². The molecule has 1 atom stereocenters. The van der Waals surface area contributed by atoms with Crippen LogP contribution in [0.25, 0.3) is 0 Å². The molecule has 1 rings (SSSR count). The highest BCUT2D eigenvalue weighted by Gasteiger charge is 2.17. The minimum Gasteiger partial charge on any atom is -0.493 e. The average molecular weight is 296 g/mol. The Kier molecular flexibility index (Phi) is 6.81. The fraction of sp³-hybridized carbons (Fsp3) is 0.533. The topological polar surface area (TPSA) is 82.8 Å². The molecule has 0 heterocycles. The Morgan fingerprint density at radius 3 is 2.38 bits per heavy atom. The average Bonchev–Trinajstić information content (AvgIpc) is 2.51. The lowest BCUT2D eigenvalue weighted by molar-refractivity contribution is -0.122. The smallest absolute Gasteiger partial charge is 0.237 e. The van der Waals surface area contributed by atoms with Crippen LogP contribution in [0.4, 0.5) is 0 Å². The van der Waals surface area contributed by atoms with Crippen LogP contribution >= 0.6 is 0 Å². The van der Waals surface area contributed by atoms with Gasteiger partial charge in [0.1, 0.15) is 0 Å². The molecule has 1 aromatic rings. The fourth-order valence-corrected chi connectivity index (χ4v) is 2.06. The predicted molar refractivity (Wildman–Crippen MR) is 80.8 cm³/mol. The molecule has 0 fully saturated rings. The molecule has 0 spiro atoms. The van der Waals surface area contributed by atoms with Gasteiger partial charge in [0.05, 0.1) is 27.4 Å². The van der Waals surface area contributed by atoms with Crippen LogP contribution in [-0.2, 0) is 11.3 Å². The number of benzene rings is 1. The van der Waals surface area contributed by atoms with Crippen molar-refractivity contribution in [2.45, 2.75) is 32.4 Å². The number of carbonyl (C=O) groups excluding carboxylic acids is 1. The van der Waals surface area contributed by atoms with Crippen LogP contribution < -0.4 is 25.3 Å². The van der Waals surface area contributed by atoms with Crippen LogP contribution in [0.1, 0.15) is 25.3 Å². The minimum atomic E-state index is -0.485. The van der Waals surface area contributed by atoms with E-state index in [1.165, 1.54) is 0 Å². The van der Waals surface area contributed by atoms with E-state index in [1.807, 2.05) is 13.0 Å². The zero-order valence-corrected chi connectivity index (χ0v) is 13.1. The van der Waals surface area contributed by atoms with Gasteiger partial charge in [0.2, 0.25) is 11.7 Å². The number of hydrogen-bond donors (Lipinski definition) is 2. The van der Waals surface area contributed by atoms with Crippen LogP contribution in [0, 0.1) is 0 Å². The summed E-state index contributed by atoms with van der Waals surface area (Å²) in [5.74, 6) is 1.45. The van der Waals surface area contributed by atoms with Crippen molar-refractivity contribution >= 4 is 5.91 Å². The molecule has 6 heteroatoms. The van der Waals surface area contributed by atoms with Crippen molar-refractivity contribution < 1.29 is 19.0 Å². The number of rotatable bonds is 8. The maximum absolute atomic E-state index is 11.9. The Hall–Kier alpha value is -1.95. The molecule has 0 aliphatic rings. The van der Waals surface area contributed by atoms with Gasteiger partial charge in [-0.3, -0.25) is 4.79 Å². The van der Waals surface area contributed by atoms with Gasteiger partial charge in [-0.15, -0.1) is 0 Å². The Bertz CT molecular complexity index is 477. The van der Waals surface area contributed by atoms with Crippen molar-refractivity contribution in [1.82, 2.24) is 5.32 Å². The van der Waals surface area contributed by atoms with Crippen molar-refractivity contribution in [2.24, 2.45) is 5.73 Å². The second-order valence-corrected chi connectivity index (χ2v) is 4.61. The third kappa shape index (κ3) is 4.26. The summed E-state index contributed by atoms with van der Waals surface area (Å²) >= 11 is 0. The number of nitrogens with two attached hydrogens (primary N) is 1. The molecule has 0 saturated carbocycles. The van der Waals surface area contributed by atoms with E-state index in [1.54, 1.807) is 27.4 Å². The molecule has 118 valence electrons. The lowest BCUT2D eigenvalue weighted by Crippen LogP contribution is -2.40. The Morgan fingerprint density at radius 1 is 1.19 bits per heavy atom. The van der Waals surface area contributed by atoms with Crippen LogP contribution in [0.3, 0.4) is 0 Å². The largest absolute Gasteiger partial charge is 0.493 e.